The first-order valence-electron chi connectivity index (χ1n) is 19.3. The Bertz CT molecular complexity index is 2200. The monoisotopic (exact) mass is 881 g/mol. The Morgan fingerprint density at radius 2 is 1.58 bits per heavy atom. The molecule has 330 valence electrons. The van der Waals surface area contributed by atoms with Crippen LogP contribution in [0.1, 0.15) is 37.8 Å². The third-order valence-electron chi connectivity index (χ3n) is 11.1. The molecule has 0 saturated carbocycles. The van der Waals surface area contributed by atoms with Gasteiger partial charge in [0, 0.05) is 60.0 Å². The Morgan fingerprint density at radius 1 is 1.00 bits per heavy atom. The first-order valence-corrected chi connectivity index (χ1v) is 20.2. The number of hydrogen-bond donors (Lipinski definition) is 5. The third-order valence-corrected chi connectivity index (χ3v) is 12.6. The quantitative estimate of drug-likeness (QED) is 0.0593. The summed E-state index contributed by atoms with van der Waals surface area (Å²) in [6.45, 7) is 1.68. The van der Waals surface area contributed by atoms with Gasteiger partial charge in [-0.1, -0.05) is 6.92 Å². The lowest BCUT2D eigenvalue weighted by molar-refractivity contribution is -0.385. The van der Waals surface area contributed by atoms with Crippen LogP contribution < -0.4 is 11.1 Å². The molecule has 0 spiro atoms. The minimum Gasteiger partial charge on any atom is -0.477 e. The average molecular weight is 882 g/mol. The summed E-state index contributed by atoms with van der Waals surface area (Å²) >= 11 is 1.11. The number of non-ortho nitro benzene ring substituents is 2. The number of fused-ring (bicyclic) bond motifs is 1. The molecule has 4 heterocycles. The number of thioether (sulfide) groups is 1. The third kappa shape index (κ3) is 9.24. The number of nitro benzene ring substituents is 2. The van der Waals surface area contributed by atoms with Gasteiger partial charge in [-0.05, 0) is 55.2 Å². The fourth-order valence-electron chi connectivity index (χ4n) is 8.12. The summed E-state index contributed by atoms with van der Waals surface area (Å²) in [5, 5.41) is 51.9. The molecule has 4 aliphatic rings. The van der Waals surface area contributed by atoms with E-state index >= 15 is 0 Å². The van der Waals surface area contributed by atoms with Crippen molar-refractivity contribution in [3.8, 4) is 0 Å². The number of aliphatic hydroxyl groups excluding tert-OH is 1. The number of aliphatic hydroxyl groups is 1. The van der Waals surface area contributed by atoms with E-state index in [2.05, 4.69) is 5.32 Å². The minimum absolute atomic E-state index is 0.00131. The highest BCUT2D eigenvalue weighted by molar-refractivity contribution is 8.03. The van der Waals surface area contributed by atoms with Crippen LogP contribution >= 0.6 is 11.8 Å². The van der Waals surface area contributed by atoms with Crippen LogP contribution in [0.15, 0.2) is 59.1 Å². The van der Waals surface area contributed by atoms with Crippen LogP contribution in [0.5, 0.6) is 0 Å². The van der Waals surface area contributed by atoms with Crippen molar-refractivity contribution in [2.75, 3.05) is 26.2 Å². The lowest BCUT2D eigenvalue weighted by Crippen LogP contribution is -2.63. The van der Waals surface area contributed by atoms with Gasteiger partial charge >= 0.3 is 18.2 Å². The molecule has 0 unspecified atom stereocenters. The number of guanidine groups is 1. The van der Waals surface area contributed by atoms with Gasteiger partial charge in [-0.2, -0.15) is 0 Å². The molecule has 23 nitrogen and oxygen atoms in total. The summed E-state index contributed by atoms with van der Waals surface area (Å²) in [7, 11) is 0. The molecule has 6 N–H and O–H groups in total. The van der Waals surface area contributed by atoms with Crippen molar-refractivity contribution in [1.29, 1.82) is 5.41 Å². The maximum absolute atomic E-state index is 14.4. The smallest absolute Gasteiger partial charge is 0.417 e. The minimum atomic E-state index is -1.35. The van der Waals surface area contributed by atoms with E-state index < -0.39 is 99.5 Å². The number of amides is 5. The number of aliphatic carboxylic acids is 1. The van der Waals surface area contributed by atoms with Crippen molar-refractivity contribution < 1.29 is 58.3 Å². The molecular formula is C38H43N9O14S. The Balaban J connectivity index is 1.21. The Morgan fingerprint density at radius 3 is 2.11 bits per heavy atom. The lowest BCUT2D eigenvalue weighted by Gasteiger charge is -2.46. The number of likely N-dealkylation sites (tertiary alicyclic amines) is 2. The van der Waals surface area contributed by atoms with Crippen molar-refractivity contribution in [2.45, 2.75) is 69.4 Å². The molecule has 2 aromatic rings. The molecule has 0 bridgehead atoms. The molecule has 62 heavy (non-hydrogen) atoms. The molecule has 6 rings (SSSR count). The molecule has 0 aromatic heterocycles. The van der Waals surface area contributed by atoms with E-state index in [0.29, 0.717) is 16.0 Å². The molecule has 0 radical (unpaired) electrons. The van der Waals surface area contributed by atoms with E-state index in [1.165, 1.54) is 70.2 Å². The van der Waals surface area contributed by atoms with Crippen LogP contribution in [0.3, 0.4) is 0 Å². The molecule has 5 amide bonds. The Kier molecular flexibility index (Phi) is 13.3. The molecular weight excluding hydrogens is 839 g/mol. The number of hydrogen-bond acceptors (Lipinski definition) is 15. The zero-order valence-electron chi connectivity index (χ0n) is 33.3. The van der Waals surface area contributed by atoms with Crippen LogP contribution in [0.4, 0.5) is 21.0 Å². The van der Waals surface area contributed by atoms with Gasteiger partial charge in [0.05, 0.1) is 40.5 Å². The predicted octanol–water partition coefficient (Wildman–Crippen LogP) is 1.72. The second kappa shape index (κ2) is 18.4. The Hall–Kier alpha value is -6.82. The summed E-state index contributed by atoms with van der Waals surface area (Å²) in [6, 6.07) is 7.76. The maximum atomic E-state index is 14.4. The number of nitrogens with zero attached hydrogens (tertiary/aromatic N) is 6. The summed E-state index contributed by atoms with van der Waals surface area (Å²) in [4.78, 5) is 106. The van der Waals surface area contributed by atoms with Crippen LogP contribution in [0.25, 0.3) is 0 Å². The van der Waals surface area contributed by atoms with Crippen molar-refractivity contribution in [1.82, 2.24) is 24.9 Å². The standard InChI is InChI=1S/C38H43N9O14S/c1-19-30-29(20(2)48)34(51)45(30)31(35(52)53)32(19)62-26-13-27(43(16-26)37(54)60-17-21-3-7-23(8-4-21)46(56)57)33(50)42-12-11-25(15-42)44(28(49)14-41-36(39)40)38(55)61-18-22-5-9-24(10-6-22)47(58)59/h3-10,19-20,25-27,29-30,48H,11-18H2,1-2H3,(H,52,53)(H4,39,40,41)/t19-,20-,25+,26+,27+,29-,30-/m1/s1. The number of carbonyl (C=O) groups excluding carboxylic acids is 5. The molecule has 7 atom stereocenters. The van der Waals surface area contributed by atoms with Gasteiger partial charge in [-0.15, -0.1) is 11.8 Å². The van der Waals surface area contributed by atoms with Gasteiger partial charge < -0.3 is 40.5 Å². The van der Waals surface area contributed by atoms with Gasteiger partial charge in [0.2, 0.25) is 11.8 Å². The average Bonchev–Trinajstić information content (AvgIpc) is 3.94. The normalized spacial score (nSPS) is 23.3. The molecule has 4 aliphatic heterocycles. The van der Waals surface area contributed by atoms with Crippen LogP contribution in [0.2, 0.25) is 0 Å². The van der Waals surface area contributed by atoms with E-state index in [0.717, 1.165) is 16.7 Å². The number of β-lactam (4-membered cyclic amide) rings is 1. The molecule has 0 aliphatic carbocycles. The number of carbonyl (C=O) groups is 6. The highest BCUT2D eigenvalue weighted by Gasteiger charge is 2.60. The number of nitrogens with one attached hydrogen (secondary N) is 2. The number of ether oxygens (including phenoxy) is 2. The van der Waals surface area contributed by atoms with Crippen molar-refractivity contribution in [2.24, 2.45) is 17.6 Å². The summed E-state index contributed by atoms with van der Waals surface area (Å²) in [5.74, 6) is -5.14. The number of nitrogens with two attached hydrogens (primary N) is 1. The van der Waals surface area contributed by atoms with Crippen LogP contribution in [-0.4, -0.2) is 137 Å². The van der Waals surface area contributed by atoms with Crippen molar-refractivity contribution in [3.63, 3.8) is 0 Å². The van der Waals surface area contributed by atoms with E-state index in [1.807, 2.05) is 0 Å². The molecule has 3 saturated heterocycles. The summed E-state index contributed by atoms with van der Waals surface area (Å²) in [6.07, 6.45) is -2.95. The number of benzene rings is 2. The lowest BCUT2D eigenvalue weighted by atomic mass is 9.79. The van der Waals surface area contributed by atoms with E-state index in [9.17, 15) is 59.2 Å². The second-order valence-electron chi connectivity index (χ2n) is 15.1. The van der Waals surface area contributed by atoms with Gasteiger partial charge in [0.25, 0.3) is 17.3 Å². The zero-order chi connectivity index (χ0) is 45.2. The largest absolute Gasteiger partial charge is 0.477 e. The highest BCUT2D eigenvalue weighted by Crippen LogP contribution is 2.52. The first-order chi connectivity index (χ1) is 29.4. The molecule has 2 aromatic carbocycles. The predicted molar refractivity (Wildman–Crippen MR) is 214 cm³/mol. The number of rotatable bonds is 14. The Labute approximate surface area is 356 Å². The SMILES string of the molecule is C[C@@H](O)[C@H]1C(=O)N2C(C(=O)O)=C(S[C@H]3C[C@@H](C(=O)N4CC[C@H](N(C(=O)CNC(=N)N)C(=O)OCc5ccc([N+](=O)[O-])cc5)C4)N(C(=O)OCc4ccc([N+](=O)[O-])cc4)C3)[C@H](C)[C@H]12. The second-order valence-corrected chi connectivity index (χ2v) is 16.5. The van der Waals surface area contributed by atoms with Crippen molar-refractivity contribution in [3.05, 3.63) is 90.5 Å². The van der Waals surface area contributed by atoms with Crippen LogP contribution in [-0.2, 0) is 41.9 Å². The number of imide groups is 1. The number of carboxylic acid groups (broad SMARTS) is 1. The number of nitro groups is 2. The van der Waals surface area contributed by atoms with Gasteiger partial charge in [0.1, 0.15) is 25.0 Å². The fraction of sp³-hybridized carbons (Fsp3) is 0.447. The summed E-state index contributed by atoms with van der Waals surface area (Å²) < 4.78 is 11.0. The topological polar surface area (TPSA) is 322 Å². The van der Waals surface area contributed by atoms with Crippen molar-refractivity contribution >= 4 is 65.0 Å². The highest BCUT2D eigenvalue weighted by atomic mass is 32.2. The molecule has 3 fully saturated rings. The zero-order valence-corrected chi connectivity index (χ0v) is 34.1. The number of carboxylic acids is 1. The van der Waals surface area contributed by atoms with Gasteiger partial charge in [-0.25, -0.2) is 19.3 Å². The maximum Gasteiger partial charge on any atom is 0.417 e. The molecule has 24 heteroatoms. The van der Waals surface area contributed by atoms with Crippen LogP contribution in [0, 0.1) is 37.5 Å². The van der Waals surface area contributed by atoms with E-state index in [-0.39, 0.29) is 62.8 Å². The van der Waals surface area contributed by atoms with Gasteiger partial charge in [0.15, 0.2) is 5.96 Å². The van der Waals surface area contributed by atoms with E-state index in [1.54, 1.807) is 6.92 Å². The van der Waals surface area contributed by atoms with Gasteiger partial charge in [-0.3, -0.25) is 44.9 Å². The first kappa shape index (κ1) is 44.7. The fourth-order valence-corrected chi connectivity index (χ4v) is 9.65. The van der Waals surface area contributed by atoms with E-state index in [4.69, 9.17) is 20.6 Å². The summed E-state index contributed by atoms with van der Waals surface area (Å²) in [5.41, 5.74) is 5.57.